The molecule has 2 rings (SSSR count). The number of hydrogen-bond donors (Lipinski definition) is 2. The van der Waals surface area contributed by atoms with E-state index >= 15 is 0 Å². The summed E-state index contributed by atoms with van der Waals surface area (Å²) in [4.78, 5) is 12.2. The van der Waals surface area contributed by atoms with E-state index in [4.69, 9.17) is 11.6 Å². The molecule has 0 saturated carbocycles. The van der Waals surface area contributed by atoms with Crippen LogP contribution in [-0.4, -0.2) is 19.0 Å². The van der Waals surface area contributed by atoms with Crippen molar-refractivity contribution in [2.75, 3.05) is 18.4 Å². The van der Waals surface area contributed by atoms with E-state index < -0.39 is 0 Å². The molecule has 2 aromatic carbocycles. The van der Waals surface area contributed by atoms with Crippen LogP contribution in [0, 0.1) is 5.41 Å². The van der Waals surface area contributed by atoms with Crippen LogP contribution in [0.15, 0.2) is 53.0 Å². The minimum atomic E-state index is -0.0787. The van der Waals surface area contributed by atoms with Gasteiger partial charge < -0.3 is 10.6 Å². The average molecular weight is 396 g/mol. The largest absolute Gasteiger partial charge is 0.384 e. The first-order chi connectivity index (χ1) is 10.9. The van der Waals surface area contributed by atoms with Gasteiger partial charge in [-0.1, -0.05) is 41.4 Å². The summed E-state index contributed by atoms with van der Waals surface area (Å²) in [6.45, 7) is 5.55. The summed E-state index contributed by atoms with van der Waals surface area (Å²) in [6.07, 6.45) is 0. The van der Waals surface area contributed by atoms with E-state index in [1.54, 1.807) is 12.1 Å². The Hall–Kier alpha value is -1.52. The second-order valence-electron chi connectivity index (χ2n) is 6.21. The van der Waals surface area contributed by atoms with Gasteiger partial charge in [0.05, 0.1) is 0 Å². The predicted octanol–water partition coefficient (Wildman–Crippen LogP) is 4.97. The third-order valence-corrected chi connectivity index (χ3v) is 4.23. The standard InChI is InChI=1S/C18H20BrClN2O/c1-18(2,11-21-16-9-7-15(20)8-10-16)12-22-17(23)13-3-5-14(19)6-4-13/h3-10,21H,11-12H2,1-2H3,(H,22,23). The zero-order chi connectivity index (χ0) is 16.9. The zero-order valence-corrected chi connectivity index (χ0v) is 15.5. The fraction of sp³-hybridized carbons (Fsp3) is 0.278. The molecular weight excluding hydrogens is 376 g/mol. The number of carbonyl (C=O) groups excluding carboxylic acids is 1. The van der Waals surface area contributed by atoms with Crippen LogP contribution < -0.4 is 10.6 Å². The Kier molecular flexibility index (Phi) is 6.08. The smallest absolute Gasteiger partial charge is 0.251 e. The molecule has 0 heterocycles. The Morgan fingerprint density at radius 1 is 1.04 bits per heavy atom. The minimum Gasteiger partial charge on any atom is -0.384 e. The maximum atomic E-state index is 12.2. The summed E-state index contributed by atoms with van der Waals surface area (Å²) in [7, 11) is 0. The molecule has 1 amide bonds. The van der Waals surface area contributed by atoms with Crippen molar-refractivity contribution < 1.29 is 4.79 Å². The summed E-state index contributed by atoms with van der Waals surface area (Å²) in [5, 5.41) is 7.07. The summed E-state index contributed by atoms with van der Waals surface area (Å²) in [5.41, 5.74) is 1.60. The van der Waals surface area contributed by atoms with E-state index in [1.807, 2.05) is 36.4 Å². The van der Waals surface area contributed by atoms with Gasteiger partial charge in [-0.05, 0) is 53.9 Å². The Morgan fingerprint density at radius 2 is 1.65 bits per heavy atom. The van der Waals surface area contributed by atoms with Crippen molar-refractivity contribution in [1.29, 1.82) is 0 Å². The molecule has 0 atom stereocenters. The lowest BCUT2D eigenvalue weighted by molar-refractivity contribution is 0.0938. The number of halogens is 2. The molecular formula is C18H20BrClN2O. The van der Waals surface area contributed by atoms with E-state index in [0.717, 1.165) is 21.7 Å². The number of rotatable bonds is 6. The highest BCUT2D eigenvalue weighted by Gasteiger charge is 2.19. The molecule has 2 aromatic rings. The molecule has 0 unspecified atom stereocenters. The topological polar surface area (TPSA) is 41.1 Å². The molecule has 0 aliphatic heterocycles. The molecule has 0 bridgehead atoms. The van der Waals surface area contributed by atoms with Crippen molar-refractivity contribution >= 4 is 39.1 Å². The van der Waals surface area contributed by atoms with Crippen LogP contribution in [0.5, 0.6) is 0 Å². The van der Waals surface area contributed by atoms with Gasteiger partial charge >= 0.3 is 0 Å². The molecule has 5 heteroatoms. The normalized spacial score (nSPS) is 11.1. The minimum absolute atomic E-state index is 0.0583. The fourth-order valence-corrected chi connectivity index (χ4v) is 2.38. The van der Waals surface area contributed by atoms with Crippen molar-refractivity contribution in [2.45, 2.75) is 13.8 Å². The summed E-state index contributed by atoms with van der Waals surface area (Å²) in [6, 6.07) is 14.9. The zero-order valence-electron chi connectivity index (χ0n) is 13.2. The number of benzene rings is 2. The third-order valence-electron chi connectivity index (χ3n) is 3.45. The van der Waals surface area contributed by atoms with Crippen molar-refractivity contribution in [3.8, 4) is 0 Å². The Balaban J connectivity index is 1.84. The number of amides is 1. The molecule has 0 saturated heterocycles. The predicted molar refractivity (Wildman–Crippen MR) is 100 cm³/mol. The molecule has 0 fully saturated rings. The molecule has 23 heavy (non-hydrogen) atoms. The molecule has 3 nitrogen and oxygen atoms in total. The van der Waals surface area contributed by atoms with Gasteiger partial charge in [-0.25, -0.2) is 0 Å². The Labute approximate surface area is 150 Å². The van der Waals surface area contributed by atoms with Crippen LogP contribution in [-0.2, 0) is 0 Å². The Bertz CT molecular complexity index is 654. The maximum Gasteiger partial charge on any atom is 0.251 e. The molecule has 2 N–H and O–H groups in total. The van der Waals surface area contributed by atoms with E-state index in [-0.39, 0.29) is 11.3 Å². The number of anilines is 1. The lowest BCUT2D eigenvalue weighted by Gasteiger charge is -2.26. The van der Waals surface area contributed by atoms with Gasteiger partial charge in [-0.2, -0.15) is 0 Å². The SMILES string of the molecule is CC(C)(CNC(=O)c1ccc(Br)cc1)CNc1ccc(Cl)cc1. The van der Waals surface area contributed by atoms with Gasteiger partial charge in [0, 0.05) is 33.8 Å². The molecule has 122 valence electrons. The highest BCUT2D eigenvalue weighted by Crippen LogP contribution is 2.18. The molecule has 0 aromatic heterocycles. The number of carbonyl (C=O) groups is 1. The van der Waals surface area contributed by atoms with E-state index in [2.05, 4.69) is 40.4 Å². The second-order valence-corrected chi connectivity index (χ2v) is 7.57. The quantitative estimate of drug-likeness (QED) is 0.725. The van der Waals surface area contributed by atoms with E-state index in [9.17, 15) is 4.79 Å². The summed E-state index contributed by atoms with van der Waals surface area (Å²) >= 11 is 9.24. The maximum absolute atomic E-state index is 12.2. The van der Waals surface area contributed by atoms with Gasteiger partial charge in [-0.15, -0.1) is 0 Å². The number of nitrogens with one attached hydrogen (secondary N) is 2. The van der Waals surface area contributed by atoms with Crippen LogP contribution >= 0.6 is 27.5 Å². The highest BCUT2D eigenvalue weighted by molar-refractivity contribution is 9.10. The first-order valence-corrected chi connectivity index (χ1v) is 8.56. The van der Waals surface area contributed by atoms with Crippen molar-refractivity contribution in [3.05, 3.63) is 63.6 Å². The van der Waals surface area contributed by atoms with Crippen LogP contribution in [0.3, 0.4) is 0 Å². The van der Waals surface area contributed by atoms with Crippen molar-refractivity contribution in [2.24, 2.45) is 5.41 Å². The molecule has 0 aliphatic rings. The first-order valence-electron chi connectivity index (χ1n) is 7.39. The van der Waals surface area contributed by atoms with E-state index in [1.165, 1.54) is 0 Å². The van der Waals surface area contributed by atoms with Crippen LogP contribution in [0.2, 0.25) is 5.02 Å². The lowest BCUT2D eigenvalue weighted by atomic mass is 9.93. The van der Waals surface area contributed by atoms with Crippen molar-refractivity contribution in [1.82, 2.24) is 5.32 Å². The first kappa shape index (κ1) is 17.8. The highest BCUT2D eigenvalue weighted by atomic mass is 79.9. The van der Waals surface area contributed by atoms with Gasteiger partial charge in [0.2, 0.25) is 0 Å². The van der Waals surface area contributed by atoms with Crippen LogP contribution in [0.25, 0.3) is 0 Å². The van der Waals surface area contributed by atoms with Gasteiger partial charge in [0.1, 0.15) is 0 Å². The van der Waals surface area contributed by atoms with Gasteiger partial charge in [0.15, 0.2) is 0 Å². The van der Waals surface area contributed by atoms with Gasteiger partial charge in [-0.3, -0.25) is 4.79 Å². The molecule has 0 spiro atoms. The average Bonchev–Trinajstić information content (AvgIpc) is 2.53. The second kappa shape index (κ2) is 7.84. The number of hydrogen-bond acceptors (Lipinski definition) is 2. The fourth-order valence-electron chi connectivity index (χ4n) is 1.99. The van der Waals surface area contributed by atoms with E-state index in [0.29, 0.717) is 12.1 Å². The third kappa shape index (κ3) is 5.88. The van der Waals surface area contributed by atoms with Crippen LogP contribution in [0.1, 0.15) is 24.2 Å². The molecule has 0 radical (unpaired) electrons. The van der Waals surface area contributed by atoms with Crippen molar-refractivity contribution in [3.63, 3.8) is 0 Å². The summed E-state index contributed by atoms with van der Waals surface area (Å²) < 4.78 is 0.960. The molecule has 0 aliphatic carbocycles. The van der Waals surface area contributed by atoms with Crippen LogP contribution in [0.4, 0.5) is 5.69 Å². The monoisotopic (exact) mass is 394 g/mol. The Morgan fingerprint density at radius 3 is 2.26 bits per heavy atom. The lowest BCUT2D eigenvalue weighted by Crippen LogP contribution is -2.38. The van der Waals surface area contributed by atoms with Gasteiger partial charge in [0.25, 0.3) is 5.91 Å². The summed E-state index contributed by atoms with van der Waals surface area (Å²) in [5.74, 6) is -0.0583.